The molecule has 17 heavy (non-hydrogen) atoms. The average molecular weight is 300 g/mol. The van der Waals surface area contributed by atoms with Crippen molar-refractivity contribution in [1.82, 2.24) is 5.32 Å². The van der Waals surface area contributed by atoms with Crippen LogP contribution in [0.3, 0.4) is 0 Å². The van der Waals surface area contributed by atoms with Gasteiger partial charge in [-0.1, -0.05) is 46.3 Å². The van der Waals surface area contributed by atoms with Crippen molar-refractivity contribution in [3.8, 4) is 0 Å². The van der Waals surface area contributed by atoms with Crippen LogP contribution in [0.5, 0.6) is 0 Å². The van der Waals surface area contributed by atoms with Gasteiger partial charge in [0.2, 0.25) is 5.91 Å². The van der Waals surface area contributed by atoms with Gasteiger partial charge in [-0.15, -0.1) is 0 Å². The predicted octanol–water partition coefficient (Wildman–Crippen LogP) is 1.58. The van der Waals surface area contributed by atoms with Gasteiger partial charge in [0.25, 0.3) is 0 Å². The standard InChI is InChI=1S/C12H14BrNO3/c1-8(12(16)17)14-11(15)10(13)7-9-5-3-2-4-6-9/h2-6,8,10H,7H2,1H3,(H,14,15)(H,16,17)/t8?,10-/m1/s1. The molecular weight excluding hydrogens is 286 g/mol. The van der Waals surface area contributed by atoms with E-state index in [1.807, 2.05) is 30.3 Å². The van der Waals surface area contributed by atoms with Gasteiger partial charge in [-0.05, 0) is 18.9 Å². The summed E-state index contributed by atoms with van der Waals surface area (Å²) in [5.74, 6) is -1.36. The summed E-state index contributed by atoms with van der Waals surface area (Å²) in [6, 6.07) is 8.65. The monoisotopic (exact) mass is 299 g/mol. The molecule has 1 aromatic rings. The normalized spacial score (nSPS) is 13.8. The second kappa shape index (κ2) is 6.39. The predicted molar refractivity (Wildman–Crippen MR) is 68.1 cm³/mol. The maximum absolute atomic E-state index is 11.6. The first kappa shape index (κ1) is 13.7. The van der Waals surface area contributed by atoms with Crippen LogP contribution in [-0.2, 0) is 16.0 Å². The molecule has 0 spiro atoms. The number of carbonyl (C=O) groups is 2. The largest absolute Gasteiger partial charge is 0.480 e. The number of halogens is 1. The van der Waals surface area contributed by atoms with Gasteiger partial charge in [-0.25, -0.2) is 0 Å². The minimum atomic E-state index is -1.04. The van der Waals surface area contributed by atoms with Gasteiger partial charge in [-0.3, -0.25) is 9.59 Å². The van der Waals surface area contributed by atoms with Gasteiger partial charge in [-0.2, -0.15) is 0 Å². The summed E-state index contributed by atoms with van der Waals surface area (Å²) in [7, 11) is 0. The summed E-state index contributed by atoms with van der Waals surface area (Å²) in [4.78, 5) is 21.8. The van der Waals surface area contributed by atoms with Crippen molar-refractivity contribution in [2.45, 2.75) is 24.2 Å². The van der Waals surface area contributed by atoms with Gasteiger partial charge in [0.15, 0.2) is 0 Å². The van der Waals surface area contributed by atoms with Crippen LogP contribution in [0.15, 0.2) is 30.3 Å². The molecule has 5 heteroatoms. The lowest BCUT2D eigenvalue weighted by molar-refractivity contribution is -0.141. The molecule has 0 aromatic heterocycles. The van der Waals surface area contributed by atoms with Gasteiger partial charge >= 0.3 is 5.97 Å². The van der Waals surface area contributed by atoms with E-state index in [9.17, 15) is 9.59 Å². The highest BCUT2D eigenvalue weighted by atomic mass is 79.9. The lowest BCUT2D eigenvalue weighted by atomic mass is 10.1. The first-order valence-corrected chi connectivity index (χ1v) is 6.13. The van der Waals surface area contributed by atoms with Gasteiger partial charge < -0.3 is 10.4 Å². The zero-order chi connectivity index (χ0) is 12.8. The molecule has 1 amide bonds. The number of carboxylic acids is 1. The maximum Gasteiger partial charge on any atom is 0.325 e. The van der Waals surface area contributed by atoms with Gasteiger partial charge in [0, 0.05) is 0 Å². The number of carboxylic acid groups (broad SMARTS) is 1. The molecule has 0 saturated heterocycles. The summed E-state index contributed by atoms with van der Waals surface area (Å²) in [5.41, 5.74) is 1.02. The van der Waals surface area contributed by atoms with Crippen LogP contribution in [-0.4, -0.2) is 27.9 Å². The number of benzene rings is 1. The Hall–Kier alpha value is -1.36. The van der Waals surface area contributed by atoms with E-state index in [0.29, 0.717) is 6.42 Å². The Morgan fingerprint density at radius 2 is 1.94 bits per heavy atom. The molecule has 2 N–H and O–H groups in total. The Bertz CT molecular complexity index is 394. The number of amides is 1. The third-order valence-electron chi connectivity index (χ3n) is 2.27. The molecule has 0 radical (unpaired) electrons. The Morgan fingerprint density at radius 3 is 2.47 bits per heavy atom. The van der Waals surface area contributed by atoms with Crippen molar-refractivity contribution in [2.24, 2.45) is 0 Å². The van der Waals surface area contributed by atoms with Crippen LogP contribution in [0, 0.1) is 0 Å². The Balaban J connectivity index is 2.50. The maximum atomic E-state index is 11.6. The summed E-state index contributed by atoms with van der Waals surface area (Å²) in [5, 5.41) is 11.1. The van der Waals surface area contributed by atoms with E-state index >= 15 is 0 Å². The number of hydrogen-bond donors (Lipinski definition) is 2. The van der Waals surface area contributed by atoms with E-state index in [1.165, 1.54) is 6.92 Å². The van der Waals surface area contributed by atoms with E-state index < -0.39 is 16.8 Å². The smallest absolute Gasteiger partial charge is 0.325 e. The third kappa shape index (κ3) is 4.56. The Labute approximate surface area is 108 Å². The number of alkyl halides is 1. The minimum absolute atomic E-state index is 0.316. The lowest BCUT2D eigenvalue weighted by Gasteiger charge is -2.13. The van der Waals surface area contributed by atoms with Crippen LogP contribution < -0.4 is 5.32 Å². The molecule has 2 atom stereocenters. The van der Waals surface area contributed by atoms with E-state index in [2.05, 4.69) is 21.2 Å². The zero-order valence-corrected chi connectivity index (χ0v) is 11.0. The van der Waals surface area contributed by atoms with Crippen LogP contribution >= 0.6 is 15.9 Å². The molecule has 0 fully saturated rings. The number of rotatable bonds is 5. The topological polar surface area (TPSA) is 66.4 Å². The van der Waals surface area contributed by atoms with E-state index in [0.717, 1.165) is 5.56 Å². The quantitative estimate of drug-likeness (QED) is 0.811. The molecule has 0 aliphatic heterocycles. The first-order valence-electron chi connectivity index (χ1n) is 5.22. The fourth-order valence-electron chi connectivity index (χ4n) is 1.28. The summed E-state index contributed by atoms with van der Waals surface area (Å²) in [6.07, 6.45) is 0.527. The van der Waals surface area contributed by atoms with Crippen LogP contribution in [0.1, 0.15) is 12.5 Å². The van der Waals surface area contributed by atoms with Crippen LogP contribution in [0.25, 0.3) is 0 Å². The van der Waals surface area contributed by atoms with Crippen molar-refractivity contribution in [3.63, 3.8) is 0 Å². The van der Waals surface area contributed by atoms with Crippen molar-refractivity contribution in [2.75, 3.05) is 0 Å². The lowest BCUT2D eigenvalue weighted by Crippen LogP contribution is -2.42. The fraction of sp³-hybridized carbons (Fsp3) is 0.333. The molecule has 92 valence electrons. The Morgan fingerprint density at radius 1 is 1.35 bits per heavy atom. The Kier molecular flexibility index (Phi) is 5.15. The second-order valence-electron chi connectivity index (χ2n) is 3.73. The molecule has 0 aliphatic rings. The number of nitrogens with one attached hydrogen (secondary N) is 1. The average Bonchev–Trinajstić information content (AvgIpc) is 2.29. The van der Waals surface area contributed by atoms with E-state index in [4.69, 9.17) is 5.11 Å². The van der Waals surface area contributed by atoms with Gasteiger partial charge in [0.1, 0.15) is 6.04 Å². The molecule has 0 bridgehead atoms. The summed E-state index contributed by atoms with van der Waals surface area (Å²) < 4.78 is 0. The molecule has 1 unspecified atom stereocenters. The SMILES string of the molecule is CC(NC(=O)[C@H](Br)Cc1ccccc1)C(=O)O. The van der Waals surface area contributed by atoms with Gasteiger partial charge in [0.05, 0.1) is 4.83 Å². The molecule has 1 rings (SSSR count). The highest BCUT2D eigenvalue weighted by Gasteiger charge is 2.20. The van der Waals surface area contributed by atoms with E-state index in [1.54, 1.807) is 0 Å². The highest BCUT2D eigenvalue weighted by Crippen LogP contribution is 2.10. The number of carbonyl (C=O) groups excluding carboxylic acids is 1. The molecule has 4 nitrogen and oxygen atoms in total. The van der Waals surface area contributed by atoms with Crippen molar-refractivity contribution in [3.05, 3.63) is 35.9 Å². The second-order valence-corrected chi connectivity index (χ2v) is 4.83. The van der Waals surface area contributed by atoms with E-state index in [-0.39, 0.29) is 5.91 Å². The van der Waals surface area contributed by atoms with Crippen molar-refractivity contribution in [1.29, 1.82) is 0 Å². The van der Waals surface area contributed by atoms with Crippen LogP contribution in [0.2, 0.25) is 0 Å². The number of hydrogen-bond acceptors (Lipinski definition) is 2. The minimum Gasteiger partial charge on any atom is -0.480 e. The van der Waals surface area contributed by atoms with Crippen molar-refractivity contribution < 1.29 is 14.7 Å². The highest BCUT2D eigenvalue weighted by molar-refractivity contribution is 9.10. The summed E-state index contributed by atoms with van der Waals surface area (Å²) >= 11 is 3.25. The summed E-state index contributed by atoms with van der Waals surface area (Å²) in [6.45, 7) is 1.43. The fourth-order valence-corrected chi connectivity index (χ4v) is 1.79. The van der Waals surface area contributed by atoms with Crippen LogP contribution in [0.4, 0.5) is 0 Å². The molecule has 0 saturated carbocycles. The van der Waals surface area contributed by atoms with Crippen molar-refractivity contribution >= 4 is 27.8 Å². The zero-order valence-electron chi connectivity index (χ0n) is 9.39. The third-order valence-corrected chi connectivity index (χ3v) is 3.01. The molecule has 0 heterocycles. The molecule has 0 aliphatic carbocycles. The molecular formula is C12H14BrNO3. The molecule has 1 aromatic carbocycles. The first-order chi connectivity index (χ1) is 8.00. The number of aliphatic carboxylic acids is 1.